The summed E-state index contributed by atoms with van der Waals surface area (Å²) in [5, 5.41) is 7.12. The molecule has 0 amide bonds. The Bertz CT molecular complexity index is 1060. The molecule has 28 heavy (non-hydrogen) atoms. The topological polar surface area (TPSA) is 34.1 Å². The van der Waals surface area contributed by atoms with Crippen LogP contribution in [0.5, 0.6) is 11.5 Å². The van der Waals surface area contributed by atoms with Crippen molar-refractivity contribution in [2.75, 3.05) is 7.11 Å². The van der Waals surface area contributed by atoms with E-state index in [-0.39, 0.29) is 12.3 Å². The largest absolute Gasteiger partial charge is 0.497 e. The summed E-state index contributed by atoms with van der Waals surface area (Å²) >= 11 is 5.40. The third-order valence-electron chi connectivity index (χ3n) is 5.18. The van der Waals surface area contributed by atoms with Crippen LogP contribution in [0.25, 0.3) is 0 Å². The predicted molar refractivity (Wildman–Crippen MR) is 115 cm³/mol. The van der Waals surface area contributed by atoms with E-state index in [0.717, 1.165) is 33.7 Å². The summed E-state index contributed by atoms with van der Waals surface area (Å²) in [4.78, 5) is 2.53. The van der Waals surface area contributed by atoms with Gasteiger partial charge in [0.1, 0.15) is 11.5 Å². The highest BCUT2D eigenvalue weighted by Gasteiger charge is 2.41. The van der Waals surface area contributed by atoms with E-state index in [0.29, 0.717) is 0 Å². The van der Waals surface area contributed by atoms with Crippen LogP contribution < -0.4 is 9.47 Å². The molecule has 4 nitrogen and oxygen atoms in total. The van der Waals surface area contributed by atoms with Crippen LogP contribution in [0.15, 0.2) is 64.2 Å². The molecule has 0 saturated carbocycles. The first-order valence-electron chi connectivity index (χ1n) is 9.15. The van der Waals surface area contributed by atoms with Crippen molar-refractivity contribution < 1.29 is 9.47 Å². The van der Waals surface area contributed by atoms with E-state index in [2.05, 4.69) is 46.1 Å². The van der Waals surface area contributed by atoms with Crippen molar-refractivity contribution in [1.82, 2.24) is 5.01 Å². The highest BCUT2D eigenvalue weighted by molar-refractivity contribution is 9.10. The van der Waals surface area contributed by atoms with Gasteiger partial charge in [0.25, 0.3) is 0 Å². The summed E-state index contributed by atoms with van der Waals surface area (Å²) in [6.07, 6.45) is 0.613. The van der Waals surface area contributed by atoms with Crippen molar-refractivity contribution in [3.8, 4) is 11.5 Å². The summed E-state index contributed by atoms with van der Waals surface area (Å²) in [7, 11) is 1.68. The lowest BCUT2D eigenvalue weighted by atomic mass is 9.97. The molecule has 0 spiro atoms. The molecule has 2 aliphatic rings. The van der Waals surface area contributed by atoms with Gasteiger partial charge < -0.3 is 9.47 Å². The average Bonchev–Trinajstić information content (AvgIpc) is 3.34. The molecule has 0 unspecified atom stereocenters. The number of halogens is 1. The molecule has 3 aromatic rings. The molecule has 0 N–H and O–H groups in total. The van der Waals surface area contributed by atoms with Gasteiger partial charge in [-0.3, -0.25) is 0 Å². The maximum atomic E-state index is 6.41. The Morgan fingerprint density at radius 3 is 2.68 bits per heavy atom. The second-order valence-electron chi connectivity index (χ2n) is 6.98. The Labute approximate surface area is 176 Å². The van der Waals surface area contributed by atoms with Crippen LogP contribution in [-0.4, -0.2) is 17.8 Å². The first-order valence-corrected chi connectivity index (χ1v) is 10.8. The van der Waals surface area contributed by atoms with Crippen LogP contribution in [0.2, 0.25) is 0 Å². The molecule has 0 fully saturated rings. The number of hydrazone groups is 1. The third kappa shape index (κ3) is 3.01. The molecular weight excluding hydrogens is 436 g/mol. The van der Waals surface area contributed by atoms with Crippen molar-refractivity contribution >= 4 is 33.0 Å². The molecule has 1 aromatic heterocycles. The minimum atomic E-state index is -0.261. The van der Waals surface area contributed by atoms with Crippen LogP contribution in [0.4, 0.5) is 0 Å². The van der Waals surface area contributed by atoms with Crippen molar-refractivity contribution in [2.24, 2.45) is 5.10 Å². The van der Waals surface area contributed by atoms with E-state index in [1.165, 1.54) is 15.3 Å². The van der Waals surface area contributed by atoms with E-state index in [4.69, 9.17) is 14.6 Å². The number of nitrogens with zero attached hydrogens (tertiary/aromatic N) is 2. The molecule has 2 aromatic carbocycles. The van der Waals surface area contributed by atoms with Crippen molar-refractivity contribution in [3.05, 3.63) is 80.0 Å². The lowest BCUT2D eigenvalue weighted by Crippen LogP contribution is -2.33. The first kappa shape index (κ1) is 17.8. The lowest BCUT2D eigenvalue weighted by Gasteiger charge is -2.38. The molecular formula is C22H19BrN2O2S. The van der Waals surface area contributed by atoms with Crippen molar-refractivity contribution in [3.63, 3.8) is 0 Å². The zero-order valence-corrected chi connectivity index (χ0v) is 18.0. The van der Waals surface area contributed by atoms with Crippen molar-refractivity contribution in [1.29, 1.82) is 0 Å². The van der Waals surface area contributed by atoms with Crippen LogP contribution in [0.3, 0.4) is 0 Å². The van der Waals surface area contributed by atoms with Gasteiger partial charge in [-0.1, -0.05) is 15.9 Å². The number of fused-ring (bicyclic) bond motifs is 3. The standard InChI is InChI=1S/C22H19BrN2O2S/c1-13-3-10-21(28-13)18-12-19-17-11-15(23)6-9-20(17)27-22(25(19)24-18)14-4-7-16(26-2)8-5-14/h3-11,19,22H,12H2,1-2H3/t19-,22+/m1/s1. The first-order chi connectivity index (χ1) is 13.6. The van der Waals surface area contributed by atoms with E-state index in [1.54, 1.807) is 18.4 Å². The van der Waals surface area contributed by atoms with Gasteiger partial charge in [0.05, 0.1) is 23.7 Å². The fourth-order valence-corrected chi connectivity index (χ4v) is 5.02. The fourth-order valence-electron chi connectivity index (χ4n) is 3.79. The summed E-state index contributed by atoms with van der Waals surface area (Å²) < 4.78 is 12.8. The number of methoxy groups -OCH3 is 1. The molecule has 0 aliphatic carbocycles. The summed E-state index contributed by atoms with van der Waals surface area (Å²) in [5.74, 6) is 1.75. The quantitative estimate of drug-likeness (QED) is 0.481. The minimum absolute atomic E-state index is 0.158. The maximum Gasteiger partial charge on any atom is 0.213 e. The van der Waals surface area contributed by atoms with Gasteiger partial charge in [-0.15, -0.1) is 11.3 Å². The highest BCUT2D eigenvalue weighted by atomic mass is 79.9. The number of hydrogen-bond donors (Lipinski definition) is 0. The van der Waals surface area contributed by atoms with E-state index < -0.39 is 0 Å². The monoisotopic (exact) mass is 454 g/mol. The Hall–Kier alpha value is -2.31. The molecule has 0 radical (unpaired) electrons. The van der Waals surface area contributed by atoms with Gasteiger partial charge in [0.2, 0.25) is 6.23 Å². The van der Waals surface area contributed by atoms with Crippen molar-refractivity contribution in [2.45, 2.75) is 25.6 Å². The predicted octanol–water partition coefficient (Wildman–Crippen LogP) is 6.07. The average molecular weight is 455 g/mol. The number of ether oxygens (including phenoxy) is 2. The molecule has 142 valence electrons. The molecule has 3 heterocycles. The maximum absolute atomic E-state index is 6.41. The number of aryl methyl sites for hydroxylation is 1. The second-order valence-corrected chi connectivity index (χ2v) is 9.19. The normalized spacial score (nSPS) is 20.2. The summed E-state index contributed by atoms with van der Waals surface area (Å²) in [6.45, 7) is 2.13. The summed E-state index contributed by atoms with van der Waals surface area (Å²) in [5.41, 5.74) is 3.36. The third-order valence-corrected chi connectivity index (χ3v) is 6.72. The van der Waals surface area contributed by atoms with Crippen LogP contribution >= 0.6 is 27.3 Å². The van der Waals surface area contributed by atoms with Gasteiger partial charge in [-0.2, -0.15) is 5.10 Å². The number of rotatable bonds is 3. The number of thiophene rings is 1. The molecule has 2 atom stereocenters. The SMILES string of the molecule is COc1ccc([C@@H]2Oc3ccc(Br)cc3[C@H]3CC(c4ccc(C)s4)=NN32)cc1. The van der Waals surface area contributed by atoms with Gasteiger partial charge in [-0.25, -0.2) is 5.01 Å². The van der Waals surface area contributed by atoms with E-state index in [1.807, 2.05) is 36.4 Å². The minimum Gasteiger partial charge on any atom is -0.497 e. The van der Waals surface area contributed by atoms with E-state index >= 15 is 0 Å². The smallest absolute Gasteiger partial charge is 0.213 e. The van der Waals surface area contributed by atoms with Crippen LogP contribution in [-0.2, 0) is 0 Å². The Morgan fingerprint density at radius 2 is 1.96 bits per heavy atom. The lowest BCUT2D eigenvalue weighted by molar-refractivity contribution is -0.0191. The van der Waals surface area contributed by atoms with Gasteiger partial charge in [0, 0.05) is 26.9 Å². The molecule has 0 saturated heterocycles. The van der Waals surface area contributed by atoms with Crippen LogP contribution in [0, 0.1) is 6.92 Å². The zero-order valence-electron chi connectivity index (χ0n) is 15.6. The molecule has 2 aliphatic heterocycles. The Morgan fingerprint density at radius 1 is 1.14 bits per heavy atom. The van der Waals surface area contributed by atoms with Gasteiger partial charge >= 0.3 is 0 Å². The Kier molecular flexibility index (Phi) is 4.40. The molecule has 0 bridgehead atoms. The van der Waals surface area contributed by atoms with Gasteiger partial charge in [0.15, 0.2) is 0 Å². The number of hydrogen-bond acceptors (Lipinski definition) is 5. The van der Waals surface area contributed by atoms with Gasteiger partial charge in [-0.05, 0) is 61.5 Å². The van der Waals surface area contributed by atoms with E-state index in [9.17, 15) is 0 Å². The highest BCUT2D eigenvalue weighted by Crippen LogP contribution is 2.48. The molecule has 5 rings (SSSR count). The second kappa shape index (κ2) is 6.94. The zero-order chi connectivity index (χ0) is 19.3. The Balaban J connectivity index is 1.58. The van der Waals surface area contributed by atoms with Crippen LogP contribution in [0.1, 0.15) is 39.6 Å². The summed E-state index contributed by atoms with van der Waals surface area (Å²) in [6, 6.07) is 18.7. The molecule has 6 heteroatoms. The fraction of sp³-hybridized carbons (Fsp3) is 0.227. The number of benzene rings is 2.